The van der Waals surface area contributed by atoms with Gasteiger partial charge in [0.05, 0.1) is 11.0 Å². The van der Waals surface area contributed by atoms with Crippen LogP contribution in [0.3, 0.4) is 0 Å². The lowest BCUT2D eigenvalue weighted by Crippen LogP contribution is -2.47. The van der Waals surface area contributed by atoms with E-state index in [4.69, 9.17) is 59.3 Å². The molecule has 196 valence electrons. The maximum absolute atomic E-state index is 6.72. The Morgan fingerprint density at radius 3 is 1.91 bits per heavy atom. The van der Waals surface area contributed by atoms with Gasteiger partial charge in [0.2, 0.25) is 0 Å². The number of aromatic amines is 1. The molecule has 0 aliphatic heterocycles. The molecule has 9 rings (SSSR count). The van der Waals surface area contributed by atoms with Crippen molar-refractivity contribution in [3.05, 3.63) is 84.9 Å². The third kappa shape index (κ3) is 3.47. The van der Waals surface area contributed by atoms with Gasteiger partial charge in [0, 0.05) is 54.6 Å². The molecule has 0 aliphatic carbocycles. The Morgan fingerprint density at radius 1 is 0.478 bits per heavy atom. The molecule has 10 heteroatoms. The van der Waals surface area contributed by atoms with E-state index in [-0.39, 0.29) is 43.8 Å². The zero-order valence-corrected chi connectivity index (χ0v) is 24.5. The van der Waals surface area contributed by atoms with Gasteiger partial charge < -0.3 is 14.0 Å². The van der Waals surface area contributed by atoms with Crippen LogP contribution in [0.5, 0.6) is 0 Å². The fourth-order valence-corrected chi connectivity index (χ4v) is 7.14. The minimum Gasteiger partial charge on any atom is -0.456 e. The molecule has 46 heavy (non-hydrogen) atoms. The maximum Gasteiger partial charge on any atom is 0.141 e. The Hall–Kier alpha value is -4.83. The van der Waals surface area contributed by atoms with Crippen molar-refractivity contribution < 1.29 is 4.42 Å². The van der Waals surface area contributed by atoms with Gasteiger partial charge in [-0.25, -0.2) is 0 Å². The van der Waals surface area contributed by atoms with Gasteiger partial charge in [-0.05, 0) is 48.0 Å². The summed E-state index contributed by atoms with van der Waals surface area (Å²) >= 11 is 0. The quantitative estimate of drug-likeness (QED) is 0.317. The van der Waals surface area contributed by atoms with Crippen molar-refractivity contribution in [2.75, 3.05) is 0 Å². The lowest BCUT2D eigenvalue weighted by Gasteiger charge is -2.16. The van der Waals surface area contributed by atoms with E-state index in [1.807, 2.05) is 18.2 Å². The molecule has 0 unspecified atom stereocenters. The maximum atomic E-state index is 6.72. The van der Waals surface area contributed by atoms with Crippen molar-refractivity contribution in [1.29, 1.82) is 0 Å². The molecule has 0 saturated heterocycles. The van der Waals surface area contributed by atoms with Gasteiger partial charge in [0.25, 0.3) is 0 Å². The molecule has 0 aliphatic rings. The van der Waals surface area contributed by atoms with Crippen LogP contribution in [0, 0.1) is 0 Å². The number of aromatic nitrogens is 2. The number of benzene rings is 6. The molecule has 3 nitrogen and oxygen atoms in total. The molecule has 0 saturated carbocycles. The standard InChI is InChI=1S/C36H15B7N2O/c37-28-23(35-26(29(38)31(28)40)27-30(39)32(41)33(42)34(43)36(27)46-35)15-10-11-19-18(14-15)24-20(44-19)12-13-22-25(24)17-8-4-5-9-21(17)45(22)16-6-2-1-3-7-16/h1-14,44H. The van der Waals surface area contributed by atoms with Crippen LogP contribution in [-0.2, 0) is 0 Å². The smallest absolute Gasteiger partial charge is 0.141 e. The molecule has 0 atom stereocenters. The summed E-state index contributed by atoms with van der Waals surface area (Å²) in [5.74, 6) is 0. The van der Waals surface area contributed by atoms with Gasteiger partial charge in [-0.1, -0.05) is 64.3 Å². The van der Waals surface area contributed by atoms with Crippen LogP contribution >= 0.6 is 0 Å². The molecule has 0 spiro atoms. The Morgan fingerprint density at radius 2 is 1.13 bits per heavy atom. The second-order valence-corrected chi connectivity index (χ2v) is 11.7. The highest BCUT2D eigenvalue weighted by atomic mass is 16.3. The molecule has 0 amide bonds. The van der Waals surface area contributed by atoms with E-state index in [2.05, 4.69) is 76.3 Å². The predicted octanol–water partition coefficient (Wildman–Crippen LogP) is 1.54. The van der Waals surface area contributed by atoms with E-state index >= 15 is 0 Å². The van der Waals surface area contributed by atoms with Crippen LogP contribution in [-0.4, -0.2) is 64.5 Å². The van der Waals surface area contributed by atoms with Crippen molar-refractivity contribution in [3.8, 4) is 16.8 Å². The van der Waals surface area contributed by atoms with Gasteiger partial charge in [0.15, 0.2) is 0 Å². The normalized spacial score (nSPS) is 12.1. The minimum atomic E-state index is 0.143. The molecular formula is C36H15B7N2O. The van der Waals surface area contributed by atoms with Crippen molar-refractivity contribution in [2.45, 2.75) is 0 Å². The molecule has 9 aromatic rings. The molecule has 0 bridgehead atoms. The van der Waals surface area contributed by atoms with Crippen molar-refractivity contribution >= 4 is 159 Å². The predicted molar refractivity (Wildman–Crippen MR) is 201 cm³/mol. The summed E-state index contributed by atoms with van der Waals surface area (Å²) in [5.41, 5.74) is 8.74. The molecule has 0 fully saturated rings. The summed E-state index contributed by atoms with van der Waals surface area (Å²) < 4.78 is 8.70. The van der Waals surface area contributed by atoms with Gasteiger partial charge in [-0.15, -0.1) is 16.4 Å². The van der Waals surface area contributed by atoms with Crippen LogP contribution in [0.1, 0.15) is 0 Å². The van der Waals surface area contributed by atoms with Gasteiger partial charge in [-0.3, -0.25) is 0 Å². The van der Waals surface area contributed by atoms with Gasteiger partial charge >= 0.3 is 0 Å². The number of fused-ring (bicyclic) bond motifs is 10. The van der Waals surface area contributed by atoms with E-state index in [1.54, 1.807) is 0 Å². The van der Waals surface area contributed by atoms with E-state index < -0.39 is 0 Å². The summed E-state index contributed by atoms with van der Waals surface area (Å²) in [6.45, 7) is 0. The Bertz CT molecular complexity index is 2780. The van der Waals surface area contributed by atoms with E-state index in [0.29, 0.717) is 21.9 Å². The van der Waals surface area contributed by atoms with Crippen LogP contribution in [0.4, 0.5) is 0 Å². The topological polar surface area (TPSA) is 33.9 Å². The average molecular weight is 567 g/mol. The van der Waals surface area contributed by atoms with Crippen molar-refractivity contribution in [3.63, 3.8) is 0 Å². The van der Waals surface area contributed by atoms with E-state index in [1.165, 1.54) is 0 Å². The summed E-state index contributed by atoms with van der Waals surface area (Å²) in [4.78, 5) is 3.61. The van der Waals surface area contributed by atoms with E-state index in [9.17, 15) is 0 Å². The van der Waals surface area contributed by atoms with Crippen LogP contribution < -0.4 is 38.2 Å². The number of hydrogen-bond donors (Lipinski definition) is 1. The number of nitrogens with one attached hydrogen (secondary N) is 1. The lowest BCUT2D eigenvalue weighted by molar-refractivity contribution is 0.673. The van der Waals surface area contributed by atoms with Crippen LogP contribution in [0.2, 0.25) is 0 Å². The first kappa shape index (κ1) is 27.5. The number of rotatable bonds is 2. The summed E-state index contributed by atoms with van der Waals surface area (Å²) in [5, 5.41) is 5.34. The zero-order valence-electron chi connectivity index (χ0n) is 24.5. The SMILES string of the molecule is [B]c1c([B])c([B])c2c(oc3c(-c4ccc5[nH]c6ccc7c(c8ccccc8n7-c7ccccc7)c6c5c4)c([B])c([B])c([B])c32)c1[B]. The Balaban J connectivity index is 1.41. The average Bonchev–Trinajstić information content (AvgIpc) is 3.75. The van der Waals surface area contributed by atoms with E-state index in [0.717, 1.165) is 54.9 Å². The van der Waals surface area contributed by atoms with Crippen molar-refractivity contribution in [2.24, 2.45) is 0 Å². The van der Waals surface area contributed by atoms with Gasteiger partial charge in [0.1, 0.15) is 66.1 Å². The highest BCUT2D eigenvalue weighted by Crippen LogP contribution is 2.41. The highest BCUT2D eigenvalue weighted by Gasteiger charge is 2.23. The highest BCUT2D eigenvalue weighted by molar-refractivity contribution is 6.69. The second kappa shape index (κ2) is 9.59. The third-order valence-electron chi connectivity index (χ3n) is 9.34. The number of furan rings is 1. The monoisotopic (exact) mass is 568 g/mol. The summed E-state index contributed by atoms with van der Waals surface area (Å²) in [6.07, 6.45) is 0. The largest absolute Gasteiger partial charge is 0.456 e. The first-order valence-corrected chi connectivity index (χ1v) is 14.7. The molecule has 14 radical (unpaired) electrons. The number of para-hydroxylation sites is 2. The molecule has 3 aromatic heterocycles. The number of hydrogen-bond acceptors (Lipinski definition) is 1. The zero-order chi connectivity index (χ0) is 31.6. The lowest BCUT2D eigenvalue weighted by atomic mass is 9.64. The number of H-pyrrole nitrogens is 1. The Labute approximate surface area is 273 Å². The minimum absolute atomic E-state index is 0.143. The van der Waals surface area contributed by atoms with Gasteiger partial charge in [-0.2, -0.15) is 0 Å². The van der Waals surface area contributed by atoms with Crippen LogP contribution in [0.15, 0.2) is 89.3 Å². The Kier molecular flexibility index (Phi) is 5.73. The molecule has 6 aromatic carbocycles. The van der Waals surface area contributed by atoms with Crippen LogP contribution in [0.25, 0.3) is 82.4 Å². The number of nitrogens with zero attached hydrogens (tertiary/aromatic N) is 1. The fourth-order valence-electron chi connectivity index (χ4n) is 7.14. The molecule has 1 N–H and O–H groups in total. The first-order chi connectivity index (χ1) is 22.3. The second-order valence-electron chi connectivity index (χ2n) is 11.7. The third-order valence-corrected chi connectivity index (χ3v) is 9.34. The molecular weight excluding hydrogens is 552 g/mol. The summed E-state index contributed by atoms with van der Waals surface area (Å²) in [7, 11) is 45.0. The molecule has 3 heterocycles. The summed E-state index contributed by atoms with van der Waals surface area (Å²) in [6, 6.07) is 29.3. The fraction of sp³-hybridized carbons (Fsp3) is 0. The first-order valence-electron chi connectivity index (χ1n) is 14.7. The van der Waals surface area contributed by atoms with Crippen molar-refractivity contribution in [1.82, 2.24) is 9.55 Å².